The van der Waals surface area contributed by atoms with Gasteiger partial charge in [0.25, 0.3) is 0 Å². The molecule has 1 unspecified atom stereocenters. The minimum absolute atomic E-state index is 0.0719. The van der Waals surface area contributed by atoms with Crippen LogP contribution in [0, 0.1) is 11.6 Å². The van der Waals surface area contributed by atoms with Gasteiger partial charge in [0, 0.05) is 11.1 Å². The van der Waals surface area contributed by atoms with E-state index in [1.54, 1.807) is 0 Å². The molecule has 2 aromatic rings. The average molecular weight is 286 g/mol. The molecule has 0 radical (unpaired) electrons. The van der Waals surface area contributed by atoms with Crippen LogP contribution in [0.4, 0.5) is 17.6 Å². The number of para-hydroxylation sites is 1. The zero-order valence-electron chi connectivity index (χ0n) is 10.1. The number of ether oxygens (including phenoxy) is 1. The van der Waals surface area contributed by atoms with E-state index in [9.17, 15) is 22.7 Å². The molecule has 0 saturated heterocycles. The van der Waals surface area contributed by atoms with Crippen LogP contribution in [-0.2, 0) is 0 Å². The number of benzene rings is 2. The molecule has 0 saturated carbocycles. The molecule has 0 fully saturated rings. The first kappa shape index (κ1) is 14.3. The molecular formula is C14H10F4O2. The summed E-state index contributed by atoms with van der Waals surface area (Å²) in [5, 5.41) is 10.1. The topological polar surface area (TPSA) is 29.5 Å². The monoisotopic (exact) mass is 286 g/mol. The van der Waals surface area contributed by atoms with Crippen molar-refractivity contribution in [3.05, 3.63) is 65.2 Å². The van der Waals surface area contributed by atoms with Crippen LogP contribution in [0.2, 0.25) is 0 Å². The number of aliphatic hydroxyl groups excluding tert-OH is 1. The second-order valence-corrected chi connectivity index (χ2v) is 3.98. The molecular weight excluding hydrogens is 276 g/mol. The first-order chi connectivity index (χ1) is 9.49. The fourth-order valence-corrected chi connectivity index (χ4v) is 1.80. The van der Waals surface area contributed by atoms with Gasteiger partial charge in [0.1, 0.15) is 23.5 Å². The van der Waals surface area contributed by atoms with Crippen molar-refractivity contribution < 1.29 is 27.4 Å². The summed E-state index contributed by atoms with van der Waals surface area (Å²) in [6.07, 6.45) is -1.61. The van der Waals surface area contributed by atoms with Crippen molar-refractivity contribution in [1.82, 2.24) is 0 Å². The van der Waals surface area contributed by atoms with Crippen molar-refractivity contribution in [2.24, 2.45) is 0 Å². The van der Waals surface area contributed by atoms with E-state index in [0.717, 1.165) is 18.2 Å². The zero-order chi connectivity index (χ0) is 14.7. The molecule has 1 atom stereocenters. The maximum Gasteiger partial charge on any atom is 0.387 e. The summed E-state index contributed by atoms with van der Waals surface area (Å²) in [4.78, 5) is 0. The largest absolute Gasteiger partial charge is 0.434 e. The lowest BCUT2D eigenvalue weighted by molar-refractivity contribution is -0.0512. The van der Waals surface area contributed by atoms with Gasteiger partial charge >= 0.3 is 6.61 Å². The Morgan fingerprint density at radius 1 is 0.950 bits per heavy atom. The maximum atomic E-state index is 13.6. The molecule has 0 aliphatic rings. The quantitative estimate of drug-likeness (QED) is 0.869. The van der Waals surface area contributed by atoms with Gasteiger partial charge in [-0.25, -0.2) is 8.78 Å². The van der Waals surface area contributed by atoms with E-state index < -0.39 is 24.3 Å². The fourth-order valence-electron chi connectivity index (χ4n) is 1.80. The number of rotatable bonds is 4. The Morgan fingerprint density at radius 3 is 2.35 bits per heavy atom. The predicted octanol–water partition coefficient (Wildman–Crippen LogP) is 3.65. The van der Waals surface area contributed by atoms with Crippen LogP contribution in [0.3, 0.4) is 0 Å². The molecule has 0 bridgehead atoms. The lowest BCUT2D eigenvalue weighted by atomic mass is 10.00. The van der Waals surface area contributed by atoms with Crippen LogP contribution in [-0.4, -0.2) is 11.7 Å². The predicted molar refractivity (Wildman–Crippen MR) is 63.5 cm³/mol. The summed E-state index contributed by atoms with van der Waals surface area (Å²) in [5.74, 6) is -1.88. The molecule has 0 aromatic heterocycles. The Labute approximate surface area is 112 Å². The highest BCUT2D eigenvalue weighted by Gasteiger charge is 2.20. The molecule has 6 heteroatoms. The minimum Gasteiger partial charge on any atom is -0.434 e. The Kier molecular flexibility index (Phi) is 4.24. The van der Waals surface area contributed by atoms with Crippen molar-refractivity contribution in [2.75, 3.05) is 0 Å². The van der Waals surface area contributed by atoms with Crippen LogP contribution in [0.5, 0.6) is 5.75 Å². The zero-order valence-corrected chi connectivity index (χ0v) is 10.1. The molecule has 106 valence electrons. The van der Waals surface area contributed by atoms with Gasteiger partial charge in [-0.3, -0.25) is 0 Å². The second-order valence-electron chi connectivity index (χ2n) is 3.98. The highest BCUT2D eigenvalue weighted by atomic mass is 19.3. The highest BCUT2D eigenvalue weighted by Crippen LogP contribution is 2.32. The Hall–Kier alpha value is -2.08. The van der Waals surface area contributed by atoms with E-state index in [4.69, 9.17) is 0 Å². The number of hydrogen-bond donors (Lipinski definition) is 1. The standard InChI is InChI=1S/C14H10F4O2/c15-8-5-6-11(16)10(7-8)13(19)9-3-1-2-4-12(9)20-14(17)18/h1-7,13-14,19H. The summed E-state index contributed by atoms with van der Waals surface area (Å²) < 4.78 is 55.5. The van der Waals surface area contributed by atoms with Crippen molar-refractivity contribution in [3.63, 3.8) is 0 Å². The van der Waals surface area contributed by atoms with Crippen molar-refractivity contribution in [3.8, 4) is 5.75 Å². The molecule has 0 spiro atoms. The average Bonchev–Trinajstić information content (AvgIpc) is 2.41. The Bertz CT molecular complexity index is 601. The van der Waals surface area contributed by atoms with E-state index in [2.05, 4.69) is 4.74 Å². The van der Waals surface area contributed by atoms with Gasteiger partial charge in [-0.2, -0.15) is 8.78 Å². The third-order valence-electron chi connectivity index (χ3n) is 2.68. The van der Waals surface area contributed by atoms with Gasteiger partial charge in [0.15, 0.2) is 0 Å². The molecule has 2 aromatic carbocycles. The lowest BCUT2D eigenvalue weighted by Crippen LogP contribution is -2.09. The second kappa shape index (κ2) is 5.92. The van der Waals surface area contributed by atoms with Gasteiger partial charge in [-0.15, -0.1) is 0 Å². The molecule has 2 nitrogen and oxygen atoms in total. The number of hydrogen-bond acceptors (Lipinski definition) is 2. The summed E-state index contributed by atoms with van der Waals surface area (Å²) in [6, 6.07) is 7.95. The summed E-state index contributed by atoms with van der Waals surface area (Å²) in [6.45, 7) is -3.08. The van der Waals surface area contributed by atoms with E-state index in [0.29, 0.717) is 0 Å². The van der Waals surface area contributed by atoms with Gasteiger partial charge in [-0.05, 0) is 24.3 Å². The number of halogens is 4. The van der Waals surface area contributed by atoms with Gasteiger partial charge in [-0.1, -0.05) is 18.2 Å². The third-order valence-corrected chi connectivity index (χ3v) is 2.68. The molecule has 0 heterocycles. The molecule has 20 heavy (non-hydrogen) atoms. The van der Waals surface area contributed by atoms with Crippen molar-refractivity contribution >= 4 is 0 Å². The molecule has 0 amide bonds. The summed E-state index contributed by atoms with van der Waals surface area (Å²) in [5.41, 5.74) is -0.424. The molecule has 2 rings (SSSR count). The smallest absolute Gasteiger partial charge is 0.387 e. The van der Waals surface area contributed by atoms with Gasteiger partial charge in [0.2, 0.25) is 0 Å². The number of aliphatic hydroxyl groups is 1. The number of alkyl halides is 2. The van der Waals surface area contributed by atoms with E-state index in [-0.39, 0.29) is 16.9 Å². The lowest BCUT2D eigenvalue weighted by Gasteiger charge is -2.16. The summed E-state index contributed by atoms with van der Waals surface area (Å²) in [7, 11) is 0. The molecule has 0 aliphatic carbocycles. The van der Waals surface area contributed by atoms with Crippen LogP contribution < -0.4 is 4.74 Å². The Balaban J connectivity index is 2.42. The van der Waals surface area contributed by atoms with E-state index in [1.807, 2.05) is 0 Å². The van der Waals surface area contributed by atoms with Crippen molar-refractivity contribution in [2.45, 2.75) is 12.7 Å². The van der Waals surface area contributed by atoms with Crippen LogP contribution in [0.1, 0.15) is 17.2 Å². The first-order valence-electron chi connectivity index (χ1n) is 5.66. The SMILES string of the molecule is OC(c1cc(F)ccc1F)c1ccccc1OC(F)F. The van der Waals surface area contributed by atoms with Crippen molar-refractivity contribution in [1.29, 1.82) is 0 Å². The van der Waals surface area contributed by atoms with Gasteiger partial charge < -0.3 is 9.84 Å². The minimum atomic E-state index is -3.08. The summed E-state index contributed by atoms with van der Waals surface area (Å²) >= 11 is 0. The van der Waals surface area contributed by atoms with E-state index >= 15 is 0 Å². The normalized spacial score (nSPS) is 12.5. The van der Waals surface area contributed by atoms with E-state index in [1.165, 1.54) is 24.3 Å². The highest BCUT2D eigenvalue weighted by molar-refractivity contribution is 5.40. The molecule has 1 N–H and O–H groups in total. The fraction of sp³-hybridized carbons (Fsp3) is 0.143. The first-order valence-corrected chi connectivity index (χ1v) is 5.66. The third kappa shape index (κ3) is 3.08. The van der Waals surface area contributed by atoms with Gasteiger partial charge in [0.05, 0.1) is 0 Å². The van der Waals surface area contributed by atoms with Crippen LogP contribution in [0.25, 0.3) is 0 Å². The van der Waals surface area contributed by atoms with Crippen LogP contribution >= 0.6 is 0 Å². The van der Waals surface area contributed by atoms with Crippen LogP contribution in [0.15, 0.2) is 42.5 Å². The molecule has 0 aliphatic heterocycles. The Morgan fingerprint density at radius 2 is 1.65 bits per heavy atom. The maximum absolute atomic E-state index is 13.6.